The normalized spacial score (nSPS) is 21.6. The van der Waals surface area contributed by atoms with E-state index in [0.29, 0.717) is 16.0 Å². The first-order valence-corrected chi connectivity index (χ1v) is 8.01. The summed E-state index contributed by atoms with van der Waals surface area (Å²) in [7, 11) is 0. The van der Waals surface area contributed by atoms with Crippen LogP contribution in [0.15, 0.2) is 42.5 Å². The summed E-state index contributed by atoms with van der Waals surface area (Å²) >= 11 is 19.0. The van der Waals surface area contributed by atoms with Crippen LogP contribution in [0, 0.1) is 5.92 Å². The molecule has 0 saturated heterocycles. The molecule has 0 saturated carbocycles. The van der Waals surface area contributed by atoms with E-state index in [9.17, 15) is 0 Å². The molecular formula is C17H15Cl3. The van der Waals surface area contributed by atoms with Crippen LogP contribution in [0.4, 0.5) is 0 Å². The van der Waals surface area contributed by atoms with E-state index in [4.69, 9.17) is 34.8 Å². The van der Waals surface area contributed by atoms with Crippen LogP contribution in [0.5, 0.6) is 0 Å². The molecule has 0 aliphatic heterocycles. The van der Waals surface area contributed by atoms with E-state index in [0.717, 1.165) is 24.8 Å². The van der Waals surface area contributed by atoms with Crippen LogP contribution in [0.3, 0.4) is 0 Å². The Morgan fingerprint density at radius 2 is 1.80 bits per heavy atom. The lowest BCUT2D eigenvalue weighted by atomic mass is 9.80. The van der Waals surface area contributed by atoms with Gasteiger partial charge in [-0.1, -0.05) is 59.6 Å². The average molecular weight is 326 g/mol. The van der Waals surface area contributed by atoms with Crippen molar-refractivity contribution in [1.82, 2.24) is 0 Å². The van der Waals surface area contributed by atoms with Crippen LogP contribution in [0.25, 0.3) is 0 Å². The molecule has 0 radical (unpaired) electrons. The molecule has 0 heterocycles. The summed E-state index contributed by atoms with van der Waals surface area (Å²) in [6.07, 6.45) is 3.05. The zero-order valence-electron chi connectivity index (χ0n) is 11.0. The molecule has 2 aromatic rings. The summed E-state index contributed by atoms with van der Waals surface area (Å²) < 4.78 is 0. The van der Waals surface area contributed by atoms with Crippen molar-refractivity contribution < 1.29 is 0 Å². The molecule has 2 aromatic carbocycles. The van der Waals surface area contributed by atoms with E-state index in [1.54, 1.807) is 0 Å². The first-order valence-electron chi connectivity index (χ1n) is 6.81. The van der Waals surface area contributed by atoms with E-state index in [1.165, 1.54) is 11.1 Å². The Morgan fingerprint density at radius 1 is 1.00 bits per heavy atom. The Bertz CT molecular complexity index is 621. The molecule has 0 spiro atoms. The van der Waals surface area contributed by atoms with Gasteiger partial charge in [-0.2, -0.15) is 0 Å². The van der Waals surface area contributed by atoms with Crippen LogP contribution in [-0.2, 0) is 12.8 Å². The summed E-state index contributed by atoms with van der Waals surface area (Å²) in [5.74, 6) is 0.405. The Labute approximate surface area is 134 Å². The van der Waals surface area contributed by atoms with Crippen molar-refractivity contribution in [2.24, 2.45) is 5.92 Å². The minimum atomic E-state index is 0.0509. The standard InChI is InChI=1S/C17H15Cl3/c18-15-7-3-5-12(17(15)20)10-13-9-8-11-4-1-2-6-14(11)16(13)19/h1-7,13,16H,8-10H2. The van der Waals surface area contributed by atoms with Crippen molar-refractivity contribution in [1.29, 1.82) is 0 Å². The van der Waals surface area contributed by atoms with Gasteiger partial charge < -0.3 is 0 Å². The molecule has 0 bridgehead atoms. The number of halogens is 3. The molecule has 3 rings (SSSR count). The number of rotatable bonds is 2. The van der Waals surface area contributed by atoms with Crippen molar-refractivity contribution in [3.05, 3.63) is 69.2 Å². The van der Waals surface area contributed by atoms with Crippen LogP contribution in [0.2, 0.25) is 10.0 Å². The lowest BCUT2D eigenvalue weighted by Gasteiger charge is -2.30. The summed E-state index contributed by atoms with van der Waals surface area (Å²) in [4.78, 5) is 0. The third kappa shape index (κ3) is 2.70. The number of hydrogen-bond acceptors (Lipinski definition) is 0. The molecule has 20 heavy (non-hydrogen) atoms. The van der Waals surface area contributed by atoms with Gasteiger partial charge >= 0.3 is 0 Å². The van der Waals surface area contributed by atoms with Gasteiger partial charge in [-0.25, -0.2) is 0 Å². The van der Waals surface area contributed by atoms with Crippen LogP contribution >= 0.6 is 34.8 Å². The van der Waals surface area contributed by atoms with Crippen molar-refractivity contribution in [3.8, 4) is 0 Å². The minimum absolute atomic E-state index is 0.0509. The van der Waals surface area contributed by atoms with E-state index in [-0.39, 0.29) is 5.38 Å². The zero-order valence-corrected chi connectivity index (χ0v) is 13.2. The van der Waals surface area contributed by atoms with Crippen LogP contribution < -0.4 is 0 Å². The van der Waals surface area contributed by atoms with E-state index in [2.05, 4.69) is 24.3 Å². The molecule has 0 nitrogen and oxygen atoms in total. The highest BCUT2D eigenvalue weighted by Crippen LogP contribution is 2.41. The third-order valence-electron chi connectivity index (χ3n) is 4.06. The van der Waals surface area contributed by atoms with Gasteiger partial charge in [0.25, 0.3) is 0 Å². The largest absolute Gasteiger partial charge is 0.117 e. The minimum Gasteiger partial charge on any atom is -0.117 e. The Kier molecular flexibility index (Phi) is 4.26. The number of aryl methyl sites for hydroxylation is 1. The predicted molar refractivity (Wildman–Crippen MR) is 87.0 cm³/mol. The van der Waals surface area contributed by atoms with Gasteiger partial charge in [0.2, 0.25) is 0 Å². The highest BCUT2D eigenvalue weighted by atomic mass is 35.5. The predicted octanol–water partition coefficient (Wildman–Crippen LogP) is 6.08. The van der Waals surface area contributed by atoms with Crippen molar-refractivity contribution in [2.75, 3.05) is 0 Å². The highest BCUT2D eigenvalue weighted by Gasteiger charge is 2.28. The van der Waals surface area contributed by atoms with Crippen molar-refractivity contribution in [2.45, 2.75) is 24.6 Å². The second-order valence-corrected chi connectivity index (χ2v) is 6.57. The molecule has 0 fully saturated rings. The summed E-state index contributed by atoms with van der Waals surface area (Å²) in [6.45, 7) is 0. The zero-order chi connectivity index (χ0) is 14.1. The molecule has 1 aliphatic rings. The Morgan fingerprint density at radius 3 is 2.65 bits per heavy atom. The fourth-order valence-electron chi connectivity index (χ4n) is 2.97. The Hall–Kier alpha value is -0.690. The average Bonchev–Trinajstić information content (AvgIpc) is 2.47. The maximum absolute atomic E-state index is 6.68. The first-order chi connectivity index (χ1) is 9.66. The maximum Gasteiger partial charge on any atom is 0.0624 e. The van der Waals surface area contributed by atoms with E-state index >= 15 is 0 Å². The third-order valence-corrected chi connectivity index (χ3v) is 5.51. The molecule has 104 valence electrons. The van der Waals surface area contributed by atoms with Gasteiger partial charge in [0.05, 0.1) is 15.4 Å². The topological polar surface area (TPSA) is 0 Å². The van der Waals surface area contributed by atoms with Crippen LogP contribution in [-0.4, -0.2) is 0 Å². The van der Waals surface area contributed by atoms with E-state index in [1.807, 2.05) is 18.2 Å². The smallest absolute Gasteiger partial charge is 0.0624 e. The monoisotopic (exact) mass is 324 g/mol. The fourth-order valence-corrected chi connectivity index (χ4v) is 3.79. The molecule has 0 amide bonds. The molecule has 2 atom stereocenters. The summed E-state index contributed by atoms with van der Waals surface area (Å²) in [6, 6.07) is 14.3. The number of alkyl halides is 1. The first kappa shape index (κ1) is 14.3. The second kappa shape index (κ2) is 5.97. The molecular weight excluding hydrogens is 311 g/mol. The number of hydrogen-bond donors (Lipinski definition) is 0. The molecule has 0 aromatic heterocycles. The molecule has 2 unspecified atom stereocenters. The van der Waals surface area contributed by atoms with Crippen molar-refractivity contribution >= 4 is 34.8 Å². The fraction of sp³-hybridized carbons (Fsp3) is 0.294. The van der Waals surface area contributed by atoms with E-state index < -0.39 is 0 Å². The number of fused-ring (bicyclic) bond motifs is 1. The van der Waals surface area contributed by atoms with Gasteiger partial charge in [0.15, 0.2) is 0 Å². The summed E-state index contributed by atoms with van der Waals surface area (Å²) in [5, 5.41) is 1.33. The quantitative estimate of drug-likeness (QED) is 0.587. The van der Waals surface area contributed by atoms with Gasteiger partial charge in [-0.15, -0.1) is 11.6 Å². The Balaban J connectivity index is 1.85. The summed E-state index contributed by atoms with van der Waals surface area (Å²) in [5.41, 5.74) is 3.73. The van der Waals surface area contributed by atoms with Gasteiger partial charge in [-0.05, 0) is 47.9 Å². The van der Waals surface area contributed by atoms with Crippen molar-refractivity contribution in [3.63, 3.8) is 0 Å². The maximum atomic E-state index is 6.68. The van der Waals surface area contributed by atoms with Crippen LogP contribution in [0.1, 0.15) is 28.5 Å². The van der Waals surface area contributed by atoms with Gasteiger partial charge in [0.1, 0.15) is 0 Å². The van der Waals surface area contributed by atoms with Gasteiger partial charge in [0, 0.05) is 0 Å². The lowest BCUT2D eigenvalue weighted by molar-refractivity contribution is 0.442. The highest BCUT2D eigenvalue weighted by molar-refractivity contribution is 6.42. The van der Waals surface area contributed by atoms with Gasteiger partial charge in [-0.3, -0.25) is 0 Å². The SMILES string of the molecule is Clc1cccc(CC2CCc3ccccc3C2Cl)c1Cl. The molecule has 3 heteroatoms. The molecule has 0 N–H and O–H groups in total. The molecule has 1 aliphatic carbocycles. The lowest BCUT2D eigenvalue weighted by Crippen LogP contribution is -2.19. The number of benzene rings is 2. The second-order valence-electron chi connectivity index (χ2n) is 5.32.